The van der Waals surface area contributed by atoms with Gasteiger partial charge in [-0.25, -0.2) is 9.59 Å². The Morgan fingerprint density at radius 1 is 0.812 bits per heavy atom. The second-order valence-electron chi connectivity index (χ2n) is 15.5. The molecule has 1 aliphatic rings. The van der Waals surface area contributed by atoms with E-state index in [9.17, 15) is 29.1 Å². The van der Waals surface area contributed by atoms with Gasteiger partial charge in [0.1, 0.15) is 17.2 Å². The Labute approximate surface area is 371 Å². The summed E-state index contributed by atoms with van der Waals surface area (Å²) in [6.07, 6.45) is 5.48. The van der Waals surface area contributed by atoms with E-state index in [0.29, 0.717) is 48.3 Å². The third-order valence-corrected chi connectivity index (χ3v) is 11.4. The molecule has 0 aliphatic heterocycles. The quantitative estimate of drug-likeness (QED) is 0.0691. The molecule has 1 aliphatic carbocycles. The van der Waals surface area contributed by atoms with Crippen LogP contribution >= 0.6 is 0 Å². The van der Waals surface area contributed by atoms with E-state index >= 15 is 0 Å². The molecule has 1 N–H and O–H groups in total. The van der Waals surface area contributed by atoms with Crippen LogP contribution in [-0.2, 0) is 55.5 Å². The van der Waals surface area contributed by atoms with Crippen LogP contribution in [0.2, 0.25) is 0 Å². The van der Waals surface area contributed by atoms with Crippen LogP contribution in [0, 0.1) is 13.8 Å². The number of fused-ring (bicyclic) bond motifs is 1. The van der Waals surface area contributed by atoms with E-state index in [1.165, 1.54) is 14.2 Å². The molecule has 4 heterocycles. The minimum absolute atomic E-state index is 0.00746. The van der Waals surface area contributed by atoms with Gasteiger partial charge in [0.25, 0.3) is 0 Å². The van der Waals surface area contributed by atoms with Gasteiger partial charge in [-0.05, 0) is 104 Å². The summed E-state index contributed by atoms with van der Waals surface area (Å²) in [4.78, 5) is 69.5. The molecule has 6 aromatic rings. The lowest BCUT2D eigenvalue weighted by molar-refractivity contribution is -0.142. The van der Waals surface area contributed by atoms with Crippen molar-refractivity contribution in [3.63, 3.8) is 0 Å². The molecule has 15 nitrogen and oxygen atoms in total. The molecule has 2 unspecified atom stereocenters. The third-order valence-electron chi connectivity index (χ3n) is 11.4. The highest BCUT2D eigenvalue weighted by molar-refractivity contribution is 5.90. The van der Waals surface area contributed by atoms with Gasteiger partial charge in [-0.15, -0.1) is 0 Å². The van der Waals surface area contributed by atoms with Crippen molar-refractivity contribution in [3.05, 3.63) is 141 Å². The molecule has 15 heteroatoms. The average Bonchev–Trinajstić information content (AvgIpc) is 3.72. The van der Waals surface area contributed by atoms with Crippen molar-refractivity contribution in [2.75, 3.05) is 20.8 Å². The topological polar surface area (TPSA) is 195 Å². The minimum atomic E-state index is -0.943. The highest BCUT2D eigenvalue weighted by Crippen LogP contribution is 2.42. The Hall–Kier alpha value is -7.29. The molecule has 2 atom stereocenters. The summed E-state index contributed by atoms with van der Waals surface area (Å²) in [6, 6.07) is 21.8. The molecule has 4 aromatic heterocycles. The smallest absolute Gasteiger partial charge is 0.337 e. The maximum atomic E-state index is 12.5. The number of carbonyl (C=O) groups is 5. The van der Waals surface area contributed by atoms with Crippen LogP contribution in [0.1, 0.15) is 110 Å². The van der Waals surface area contributed by atoms with Crippen LogP contribution in [0.5, 0.6) is 0 Å². The lowest BCUT2D eigenvalue weighted by Crippen LogP contribution is -2.16. The third kappa shape index (κ3) is 10.3. The van der Waals surface area contributed by atoms with Crippen LogP contribution in [0.25, 0.3) is 22.8 Å². The van der Waals surface area contributed by atoms with E-state index in [1.54, 1.807) is 60.0 Å². The Morgan fingerprint density at radius 3 is 2.06 bits per heavy atom. The average molecular weight is 869 g/mol. The monoisotopic (exact) mass is 868 g/mol. The number of hydrogen-bond acceptors (Lipinski definition) is 12. The second-order valence-corrected chi connectivity index (χ2v) is 15.5. The number of aromatic nitrogens is 6. The number of pyridine rings is 2. The Balaban J connectivity index is 0.000000219. The largest absolute Gasteiger partial charge is 0.478 e. The number of nitrogens with zero attached hydrogens (tertiary/aromatic N) is 6. The second kappa shape index (κ2) is 20.7. The number of methoxy groups -OCH3 is 2. The van der Waals surface area contributed by atoms with Gasteiger partial charge in [0.2, 0.25) is 0 Å². The van der Waals surface area contributed by atoms with E-state index in [0.717, 1.165) is 50.5 Å². The predicted molar refractivity (Wildman–Crippen MR) is 237 cm³/mol. The van der Waals surface area contributed by atoms with Gasteiger partial charge in [-0.3, -0.25) is 33.7 Å². The van der Waals surface area contributed by atoms with Crippen molar-refractivity contribution >= 4 is 29.7 Å². The van der Waals surface area contributed by atoms with E-state index in [2.05, 4.69) is 9.97 Å². The number of esters is 3. The Morgan fingerprint density at radius 2 is 1.47 bits per heavy atom. The first kappa shape index (κ1) is 46.2. The molecule has 2 aromatic carbocycles. The van der Waals surface area contributed by atoms with E-state index in [4.69, 9.17) is 24.4 Å². The van der Waals surface area contributed by atoms with Crippen molar-refractivity contribution in [1.29, 1.82) is 0 Å². The summed E-state index contributed by atoms with van der Waals surface area (Å²) in [7, 11) is 6.32. The molecular weight excluding hydrogens is 817 g/mol. The molecule has 0 radical (unpaired) electrons. The van der Waals surface area contributed by atoms with Gasteiger partial charge >= 0.3 is 23.9 Å². The molecule has 0 bridgehead atoms. The van der Waals surface area contributed by atoms with Gasteiger partial charge in [0.05, 0.1) is 55.5 Å². The number of benzene rings is 2. The number of aromatic carboxylic acids is 1. The number of carbonyl (C=O) groups excluding carboxylic acids is 4. The van der Waals surface area contributed by atoms with Gasteiger partial charge in [-0.2, -0.15) is 10.2 Å². The minimum Gasteiger partial charge on any atom is -0.478 e. The maximum Gasteiger partial charge on any atom is 0.337 e. The fourth-order valence-corrected chi connectivity index (χ4v) is 8.40. The van der Waals surface area contributed by atoms with E-state index in [-0.39, 0.29) is 54.6 Å². The standard InChI is InChI=1S/C27H31N3O6.C22H21N3O3/c1-6-36-24(32)16-22-25(26(29-30(22)3)21-9-7-8-14-28-21)20(12-13-23(31)34-4)19-11-10-18(15-17(19)2)27(33)35-5;1-13-11-14(22(27)28)6-8-16(13)17-9-7-15(26)12-19-20(17)21(24-25(19)2)18-5-3-4-10-23-18/h7-11,14-15,20H,6,12-13,16H2,1-5H3;3-6,8,10-11,17H,7,9,12H2,1-2H3,(H,27,28). The number of carboxylic acid groups (broad SMARTS) is 1. The van der Waals surface area contributed by atoms with Crippen molar-refractivity contribution in [2.45, 2.75) is 71.1 Å². The highest BCUT2D eigenvalue weighted by atomic mass is 16.5. The summed E-state index contributed by atoms with van der Waals surface area (Å²) >= 11 is 0. The van der Waals surface area contributed by atoms with Crippen LogP contribution in [0.3, 0.4) is 0 Å². The first-order valence-corrected chi connectivity index (χ1v) is 21.0. The molecule has 0 saturated heterocycles. The van der Waals surface area contributed by atoms with Crippen LogP contribution in [0.15, 0.2) is 85.2 Å². The number of ether oxygens (including phenoxy) is 3. The van der Waals surface area contributed by atoms with E-state index < -0.39 is 11.9 Å². The van der Waals surface area contributed by atoms with Gasteiger partial charge in [0, 0.05) is 74.4 Å². The first-order valence-electron chi connectivity index (χ1n) is 21.0. The van der Waals surface area contributed by atoms with Crippen molar-refractivity contribution in [3.8, 4) is 22.8 Å². The summed E-state index contributed by atoms with van der Waals surface area (Å²) in [5.41, 5.74) is 10.6. The molecule has 7 rings (SSSR count). The van der Waals surface area contributed by atoms with Crippen molar-refractivity contribution in [2.24, 2.45) is 14.1 Å². The number of aryl methyl sites for hydroxylation is 4. The van der Waals surface area contributed by atoms with Crippen molar-refractivity contribution < 1.29 is 43.3 Å². The normalized spacial score (nSPS) is 13.7. The predicted octanol–water partition coefficient (Wildman–Crippen LogP) is 7.29. The molecule has 64 heavy (non-hydrogen) atoms. The fourth-order valence-electron chi connectivity index (χ4n) is 8.40. The van der Waals surface area contributed by atoms with Crippen LogP contribution < -0.4 is 0 Å². The molecule has 0 amide bonds. The first-order chi connectivity index (χ1) is 30.8. The zero-order chi connectivity index (χ0) is 46.1. The maximum absolute atomic E-state index is 12.5. The van der Waals surface area contributed by atoms with Gasteiger partial charge in [-0.1, -0.05) is 24.3 Å². The van der Waals surface area contributed by atoms with Gasteiger partial charge in [0.15, 0.2) is 0 Å². The van der Waals surface area contributed by atoms with Crippen LogP contribution in [0.4, 0.5) is 0 Å². The molecule has 0 saturated carbocycles. The molecule has 332 valence electrons. The fraction of sp³-hybridized carbons (Fsp3) is 0.327. The van der Waals surface area contributed by atoms with Crippen molar-refractivity contribution in [1.82, 2.24) is 29.5 Å². The number of carboxylic acids is 1. The lowest BCUT2D eigenvalue weighted by Gasteiger charge is -2.22. The molecule has 0 spiro atoms. The lowest BCUT2D eigenvalue weighted by atomic mass is 9.82. The Bertz CT molecular complexity index is 2670. The van der Waals surface area contributed by atoms with Crippen LogP contribution in [-0.4, -0.2) is 85.1 Å². The number of rotatable bonds is 13. The summed E-state index contributed by atoms with van der Waals surface area (Å²) in [6.45, 7) is 5.84. The molecular formula is C49H52N6O9. The summed E-state index contributed by atoms with van der Waals surface area (Å²) in [5.74, 6) is -2.28. The van der Waals surface area contributed by atoms with E-state index in [1.807, 2.05) is 69.4 Å². The Kier molecular flexibility index (Phi) is 15.0. The molecule has 0 fully saturated rings. The number of hydrogen-bond donors (Lipinski definition) is 1. The van der Waals surface area contributed by atoms with Gasteiger partial charge < -0.3 is 19.3 Å². The summed E-state index contributed by atoms with van der Waals surface area (Å²) in [5, 5.41) is 18.7. The number of Topliss-reactive ketones (excluding diaryl/α,β-unsaturated/α-hetero) is 1. The highest BCUT2D eigenvalue weighted by Gasteiger charge is 2.33. The zero-order valence-corrected chi connectivity index (χ0v) is 37.1. The summed E-state index contributed by atoms with van der Waals surface area (Å²) < 4.78 is 18.5. The number of ketones is 1. The SMILES string of the molecule is CCOC(=O)Cc1c(C(CCC(=O)OC)c2ccc(C(=O)OC)cc2C)c(-c2ccccn2)nn1C.Cc1cc(C(=O)O)ccc1C1CCC(=O)Cc2c1c(-c1ccccn1)nn2C. The zero-order valence-electron chi connectivity index (χ0n) is 37.1.